The van der Waals surface area contributed by atoms with E-state index < -0.39 is 29.4 Å². The van der Waals surface area contributed by atoms with Crippen molar-refractivity contribution in [3.8, 4) is 11.5 Å². The number of amides is 1. The van der Waals surface area contributed by atoms with Crippen molar-refractivity contribution in [1.29, 1.82) is 0 Å². The zero-order valence-electron chi connectivity index (χ0n) is 15.7. The van der Waals surface area contributed by atoms with Crippen molar-refractivity contribution in [3.05, 3.63) is 53.6 Å². The maximum Gasteiger partial charge on any atom is 0.426 e. The van der Waals surface area contributed by atoms with Gasteiger partial charge in [0.05, 0.1) is 6.21 Å². The number of alkyl halides is 3. The highest BCUT2D eigenvalue weighted by atomic mass is 19.4. The predicted molar refractivity (Wildman–Crippen MR) is 99.4 cm³/mol. The van der Waals surface area contributed by atoms with Crippen LogP contribution in [-0.4, -0.2) is 47.2 Å². The number of oxime groups is 1. The van der Waals surface area contributed by atoms with Crippen LogP contribution < -0.4 is 10.1 Å². The Hall–Kier alpha value is -3.60. The van der Waals surface area contributed by atoms with Gasteiger partial charge in [-0.05, 0) is 48.9 Å². The Morgan fingerprint density at radius 3 is 2.30 bits per heavy atom. The molecule has 0 aliphatic carbocycles. The van der Waals surface area contributed by atoms with Gasteiger partial charge in [-0.15, -0.1) is 0 Å². The van der Waals surface area contributed by atoms with Crippen molar-refractivity contribution >= 4 is 23.8 Å². The lowest BCUT2D eigenvalue weighted by atomic mass is 10.1. The molecule has 0 aliphatic rings. The molecule has 0 aliphatic heterocycles. The molecule has 2 rings (SSSR count). The van der Waals surface area contributed by atoms with E-state index in [9.17, 15) is 33.0 Å². The topological polar surface area (TPSA) is 117 Å². The first-order valence-corrected chi connectivity index (χ1v) is 8.28. The Morgan fingerprint density at radius 1 is 1.13 bits per heavy atom. The van der Waals surface area contributed by atoms with Crippen LogP contribution in [0.3, 0.4) is 0 Å². The quantitative estimate of drug-likeness (QED) is 0.283. The largest absolute Gasteiger partial charge is 0.507 e. The summed E-state index contributed by atoms with van der Waals surface area (Å²) in [4.78, 5) is 28.4. The number of phenolic OH excluding ortho intramolecular Hbond substituents is 1. The Balaban J connectivity index is 2.10. The second kappa shape index (κ2) is 8.82. The minimum absolute atomic E-state index is 0.160. The molecule has 2 aromatic carbocycles. The number of halogens is 3. The zero-order valence-corrected chi connectivity index (χ0v) is 15.7. The monoisotopic (exact) mass is 426 g/mol. The zero-order chi connectivity index (χ0) is 22.5. The summed E-state index contributed by atoms with van der Waals surface area (Å²) >= 11 is 0. The number of carbonyl (C=O) groups excluding carboxylic acids is 2. The van der Waals surface area contributed by atoms with E-state index in [1.165, 1.54) is 25.5 Å². The van der Waals surface area contributed by atoms with Crippen LogP contribution in [0, 0.1) is 0 Å². The van der Waals surface area contributed by atoms with E-state index in [0.29, 0.717) is 12.5 Å². The molecule has 0 saturated heterocycles. The Labute approximate surface area is 168 Å². The van der Waals surface area contributed by atoms with Crippen molar-refractivity contribution in [3.63, 3.8) is 0 Å². The molecule has 0 aromatic heterocycles. The van der Waals surface area contributed by atoms with Crippen molar-refractivity contribution in [1.82, 2.24) is 0 Å². The normalized spacial score (nSPS) is 13.5. The standard InChI is InChI=1S/C19H17F3N2O6/c1-18(28,19(20,21)22)17(27)24-12-5-8-14(15(25)9-12)16(26)30-13-6-3-11(4-7-13)10-23-29-2/h3-10,25,28H,1-2H3,(H,24,27)/b23-10+. The van der Waals surface area contributed by atoms with Gasteiger partial charge in [0.25, 0.3) is 5.91 Å². The minimum Gasteiger partial charge on any atom is -0.507 e. The molecule has 1 unspecified atom stereocenters. The summed E-state index contributed by atoms with van der Waals surface area (Å²) in [5, 5.41) is 24.7. The summed E-state index contributed by atoms with van der Waals surface area (Å²) in [5.41, 5.74) is -3.52. The van der Waals surface area contributed by atoms with Crippen LogP contribution in [0.1, 0.15) is 22.8 Å². The number of esters is 1. The van der Waals surface area contributed by atoms with Gasteiger partial charge in [-0.2, -0.15) is 13.2 Å². The SMILES string of the molecule is CO/N=C/c1ccc(OC(=O)c2ccc(NC(=O)C(C)(O)C(F)(F)F)cc2O)cc1. The molecule has 1 atom stereocenters. The number of benzene rings is 2. The fraction of sp³-hybridized carbons (Fsp3) is 0.211. The van der Waals surface area contributed by atoms with Crippen molar-refractivity contribution in [2.24, 2.45) is 5.16 Å². The summed E-state index contributed by atoms with van der Waals surface area (Å²) in [6, 6.07) is 9.11. The highest BCUT2D eigenvalue weighted by Crippen LogP contribution is 2.32. The molecule has 0 fully saturated rings. The average Bonchev–Trinajstić information content (AvgIpc) is 2.66. The van der Waals surface area contributed by atoms with Gasteiger partial charge in [-0.1, -0.05) is 5.16 Å². The van der Waals surface area contributed by atoms with E-state index in [4.69, 9.17) is 4.74 Å². The molecule has 0 spiro atoms. The third-order valence-corrected chi connectivity index (χ3v) is 3.87. The molecule has 2 aromatic rings. The molecule has 1 amide bonds. The van der Waals surface area contributed by atoms with E-state index in [2.05, 4.69) is 9.99 Å². The maximum absolute atomic E-state index is 12.7. The second-order valence-electron chi connectivity index (χ2n) is 6.13. The smallest absolute Gasteiger partial charge is 0.426 e. The second-order valence-corrected chi connectivity index (χ2v) is 6.13. The number of rotatable bonds is 6. The molecule has 0 radical (unpaired) electrons. The number of hydrogen-bond acceptors (Lipinski definition) is 7. The van der Waals surface area contributed by atoms with Crippen LogP contribution in [0.2, 0.25) is 0 Å². The van der Waals surface area contributed by atoms with Gasteiger partial charge >= 0.3 is 12.1 Å². The lowest BCUT2D eigenvalue weighted by Gasteiger charge is -2.24. The van der Waals surface area contributed by atoms with Crippen LogP contribution in [0.5, 0.6) is 11.5 Å². The lowest BCUT2D eigenvalue weighted by Crippen LogP contribution is -2.52. The highest BCUT2D eigenvalue weighted by Gasteiger charge is 2.55. The van der Waals surface area contributed by atoms with Crippen molar-refractivity contribution in [2.45, 2.75) is 18.7 Å². The van der Waals surface area contributed by atoms with E-state index in [-0.39, 0.29) is 17.0 Å². The summed E-state index contributed by atoms with van der Waals surface area (Å²) in [6.07, 6.45) is -3.77. The van der Waals surface area contributed by atoms with Gasteiger partial charge in [0, 0.05) is 11.8 Å². The van der Waals surface area contributed by atoms with E-state index in [0.717, 1.165) is 18.2 Å². The molecular formula is C19H17F3N2O6. The predicted octanol–water partition coefficient (Wildman–Crippen LogP) is 2.84. The van der Waals surface area contributed by atoms with Gasteiger partial charge in [-0.25, -0.2) is 4.79 Å². The molecule has 0 heterocycles. The Morgan fingerprint density at radius 2 is 1.77 bits per heavy atom. The Bertz CT molecular complexity index is 956. The first-order valence-electron chi connectivity index (χ1n) is 8.28. The third-order valence-electron chi connectivity index (χ3n) is 3.87. The van der Waals surface area contributed by atoms with E-state index in [1.807, 2.05) is 5.32 Å². The minimum atomic E-state index is -5.20. The first kappa shape index (κ1) is 22.7. The van der Waals surface area contributed by atoms with E-state index in [1.54, 1.807) is 12.1 Å². The van der Waals surface area contributed by atoms with Crippen molar-refractivity contribution < 1.29 is 42.5 Å². The summed E-state index contributed by atoms with van der Waals surface area (Å²) in [5.74, 6) is -3.17. The Kier molecular flexibility index (Phi) is 6.67. The van der Waals surface area contributed by atoms with Gasteiger partial charge in [0.15, 0.2) is 0 Å². The lowest BCUT2D eigenvalue weighted by molar-refractivity contribution is -0.242. The number of carbonyl (C=O) groups is 2. The van der Waals surface area contributed by atoms with Crippen LogP contribution in [0.4, 0.5) is 18.9 Å². The average molecular weight is 426 g/mol. The van der Waals surface area contributed by atoms with Crippen LogP contribution in [-0.2, 0) is 9.63 Å². The fourth-order valence-corrected chi connectivity index (χ4v) is 2.06. The van der Waals surface area contributed by atoms with Crippen molar-refractivity contribution in [2.75, 3.05) is 12.4 Å². The number of aromatic hydroxyl groups is 1. The number of phenols is 1. The number of aliphatic hydroxyl groups is 1. The van der Waals surface area contributed by atoms with Gasteiger partial charge in [0.1, 0.15) is 24.2 Å². The number of ether oxygens (including phenoxy) is 1. The maximum atomic E-state index is 12.7. The number of anilines is 1. The molecule has 3 N–H and O–H groups in total. The van der Waals surface area contributed by atoms with E-state index >= 15 is 0 Å². The number of nitrogens with zero attached hydrogens (tertiary/aromatic N) is 1. The molecular weight excluding hydrogens is 409 g/mol. The number of nitrogens with one attached hydrogen (secondary N) is 1. The molecule has 160 valence electrons. The number of hydrogen-bond donors (Lipinski definition) is 3. The fourth-order valence-electron chi connectivity index (χ4n) is 2.06. The third kappa shape index (κ3) is 5.26. The molecule has 30 heavy (non-hydrogen) atoms. The molecule has 0 saturated carbocycles. The van der Waals surface area contributed by atoms with Crippen LogP contribution in [0.25, 0.3) is 0 Å². The van der Waals surface area contributed by atoms with Crippen LogP contribution in [0.15, 0.2) is 47.6 Å². The summed E-state index contributed by atoms with van der Waals surface area (Å²) < 4.78 is 43.2. The molecule has 8 nitrogen and oxygen atoms in total. The molecule has 11 heteroatoms. The summed E-state index contributed by atoms with van der Waals surface area (Å²) in [6.45, 7) is 0.292. The van der Waals surface area contributed by atoms with Gasteiger partial charge in [0.2, 0.25) is 5.60 Å². The van der Waals surface area contributed by atoms with Crippen LogP contribution >= 0.6 is 0 Å². The first-order chi connectivity index (χ1) is 14.0. The highest BCUT2D eigenvalue weighted by molar-refractivity contribution is 5.99. The summed E-state index contributed by atoms with van der Waals surface area (Å²) in [7, 11) is 1.38. The van der Waals surface area contributed by atoms with Gasteiger partial charge < -0.3 is 25.1 Å². The molecule has 0 bridgehead atoms. The van der Waals surface area contributed by atoms with Gasteiger partial charge in [-0.3, -0.25) is 4.79 Å².